The van der Waals surface area contributed by atoms with Gasteiger partial charge in [-0.3, -0.25) is 9.52 Å². The van der Waals surface area contributed by atoms with Gasteiger partial charge >= 0.3 is 0 Å². The third kappa shape index (κ3) is 4.60. The summed E-state index contributed by atoms with van der Waals surface area (Å²) >= 11 is 0. The molecule has 0 aromatic heterocycles. The van der Waals surface area contributed by atoms with Gasteiger partial charge in [0.25, 0.3) is 15.9 Å². The Morgan fingerprint density at radius 2 is 1.59 bits per heavy atom. The minimum atomic E-state index is -3.84. The Kier molecular flexibility index (Phi) is 5.65. The van der Waals surface area contributed by atoms with E-state index in [1.54, 1.807) is 19.1 Å². The highest BCUT2D eigenvalue weighted by molar-refractivity contribution is 7.92. The lowest BCUT2D eigenvalue weighted by atomic mass is 10.1. The molecule has 29 heavy (non-hydrogen) atoms. The van der Waals surface area contributed by atoms with Crippen molar-refractivity contribution in [2.75, 3.05) is 10.0 Å². The SMILES string of the molecule is Cc1ccc(S(=O)(=O)Nc2cccc(C(=O)Nc3ccc(F)c(F)c3)c2C)cc1. The van der Waals surface area contributed by atoms with Crippen LogP contribution in [0, 0.1) is 25.5 Å². The Morgan fingerprint density at radius 3 is 2.24 bits per heavy atom. The molecule has 0 atom stereocenters. The van der Waals surface area contributed by atoms with Crippen LogP contribution in [0.1, 0.15) is 21.5 Å². The number of carbonyl (C=O) groups is 1. The minimum absolute atomic E-state index is 0.0824. The first-order valence-electron chi connectivity index (χ1n) is 8.63. The van der Waals surface area contributed by atoms with Gasteiger partial charge in [0.15, 0.2) is 11.6 Å². The van der Waals surface area contributed by atoms with Crippen LogP contribution < -0.4 is 10.0 Å². The third-order valence-electron chi connectivity index (χ3n) is 4.33. The standard InChI is InChI=1S/C21H18F2N2O3S/c1-13-6-9-16(10-7-13)29(27,28)25-20-5-3-4-17(14(20)2)21(26)24-15-8-11-18(22)19(23)12-15/h3-12,25H,1-2H3,(H,24,26). The number of rotatable bonds is 5. The van der Waals surface area contributed by atoms with E-state index >= 15 is 0 Å². The lowest BCUT2D eigenvalue weighted by Crippen LogP contribution is -2.17. The van der Waals surface area contributed by atoms with Crippen LogP contribution in [-0.4, -0.2) is 14.3 Å². The fourth-order valence-corrected chi connectivity index (χ4v) is 3.81. The molecule has 0 fully saturated rings. The summed E-state index contributed by atoms with van der Waals surface area (Å²) in [5, 5.41) is 2.47. The Bertz CT molecular complexity index is 1180. The molecule has 3 aromatic rings. The van der Waals surface area contributed by atoms with Crippen LogP contribution in [0.5, 0.6) is 0 Å². The van der Waals surface area contributed by atoms with Gasteiger partial charge in [0.05, 0.1) is 10.6 Å². The third-order valence-corrected chi connectivity index (χ3v) is 5.71. The summed E-state index contributed by atoms with van der Waals surface area (Å²) in [6, 6.07) is 13.9. The van der Waals surface area contributed by atoms with E-state index in [-0.39, 0.29) is 21.8 Å². The van der Waals surface area contributed by atoms with Crippen LogP contribution >= 0.6 is 0 Å². The molecule has 0 bridgehead atoms. The number of nitrogens with one attached hydrogen (secondary N) is 2. The first-order valence-corrected chi connectivity index (χ1v) is 10.1. The van der Waals surface area contributed by atoms with E-state index in [0.29, 0.717) is 5.56 Å². The summed E-state index contributed by atoms with van der Waals surface area (Å²) in [4.78, 5) is 12.6. The average Bonchev–Trinajstić information content (AvgIpc) is 2.66. The molecule has 8 heteroatoms. The van der Waals surface area contributed by atoms with E-state index in [2.05, 4.69) is 10.0 Å². The second-order valence-electron chi connectivity index (χ2n) is 6.48. The van der Waals surface area contributed by atoms with Crippen molar-refractivity contribution in [2.24, 2.45) is 0 Å². The second-order valence-corrected chi connectivity index (χ2v) is 8.16. The fourth-order valence-electron chi connectivity index (χ4n) is 2.69. The van der Waals surface area contributed by atoms with E-state index in [4.69, 9.17) is 0 Å². The predicted octanol–water partition coefficient (Wildman–Crippen LogP) is 4.63. The Labute approximate surface area is 167 Å². The molecule has 0 aliphatic rings. The number of halogens is 2. The van der Waals surface area contributed by atoms with Crippen molar-refractivity contribution in [2.45, 2.75) is 18.7 Å². The van der Waals surface area contributed by atoms with Gasteiger partial charge in [-0.05, 0) is 55.8 Å². The van der Waals surface area contributed by atoms with Crippen molar-refractivity contribution in [1.82, 2.24) is 0 Å². The maximum Gasteiger partial charge on any atom is 0.261 e. The number of sulfonamides is 1. The zero-order chi connectivity index (χ0) is 21.2. The van der Waals surface area contributed by atoms with Crippen LogP contribution in [-0.2, 0) is 10.0 Å². The van der Waals surface area contributed by atoms with E-state index in [1.165, 1.54) is 36.4 Å². The summed E-state index contributed by atoms with van der Waals surface area (Å²) in [5.41, 5.74) is 1.83. The number of benzene rings is 3. The Balaban J connectivity index is 1.86. The van der Waals surface area contributed by atoms with Crippen LogP contribution in [0.4, 0.5) is 20.2 Å². The van der Waals surface area contributed by atoms with Crippen molar-refractivity contribution in [1.29, 1.82) is 0 Å². The molecule has 0 aliphatic heterocycles. The molecule has 0 unspecified atom stereocenters. The molecule has 1 amide bonds. The first kappa shape index (κ1) is 20.5. The topological polar surface area (TPSA) is 75.3 Å². The summed E-state index contributed by atoms with van der Waals surface area (Å²) in [7, 11) is -3.84. The molecule has 3 aromatic carbocycles. The van der Waals surface area contributed by atoms with E-state index in [0.717, 1.165) is 17.7 Å². The highest BCUT2D eigenvalue weighted by atomic mass is 32.2. The van der Waals surface area contributed by atoms with Crippen molar-refractivity contribution in [3.05, 3.63) is 89.0 Å². The maximum atomic E-state index is 13.3. The minimum Gasteiger partial charge on any atom is -0.322 e. The molecule has 3 rings (SSSR count). The largest absolute Gasteiger partial charge is 0.322 e. The Morgan fingerprint density at radius 1 is 0.897 bits per heavy atom. The lowest BCUT2D eigenvalue weighted by molar-refractivity contribution is 0.102. The van der Waals surface area contributed by atoms with E-state index in [1.807, 2.05) is 6.92 Å². The molecule has 0 heterocycles. The molecule has 0 saturated heterocycles. The molecular weight excluding hydrogens is 398 g/mol. The number of amides is 1. The van der Waals surface area contributed by atoms with Gasteiger partial charge in [0.2, 0.25) is 0 Å². The van der Waals surface area contributed by atoms with Gasteiger partial charge in [-0.25, -0.2) is 17.2 Å². The monoisotopic (exact) mass is 416 g/mol. The molecule has 5 nitrogen and oxygen atoms in total. The van der Waals surface area contributed by atoms with Gasteiger partial charge < -0.3 is 5.32 Å². The van der Waals surface area contributed by atoms with Crippen LogP contribution in [0.3, 0.4) is 0 Å². The first-order chi connectivity index (χ1) is 13.7. The Hall–Kier alpha value is -3.26. The number of aryl methyl sites for hydroxylation is 1. The zero-order valence-corrected chi connectivity index (χ0v) is 16.5. The fraction of sp³-hybridized carbons (Fsp3) is 0.0952. The normalized spacial score (nSPS) is 11.2. The number of hydrogen-bond donors (Lipinski definition) is 2. The van der Waals surface area contributed by atoms with Gasteiger partial charge in [0.1, 0.15) is 0 Å². The van der Waals surface area contributed by atoms with Crippen molar-refractivity contribution < 1.29 is 22.0 Å². The van der Waals surface area contributed by atoms with Gasteiger partial charge in [-0.1, -0.05) is 23.8 Å². The van der Waals surface area contributed by atoms with Crippen LogP contribution in [0.15, 0.2) is 65.6 Å². The highest BCUT2D eigenvalue weighted by Gasteiger charge is 2.18. The molecule has 2 N–H and O–H groups in total. The summed E-state index contributed by atoms with van der Waals surface area (Å²) in [6.45, 7) is 3.44. The van der Waals surface area contributed by atoms with Crippen LogP contribution in [0.25, 0.3) is 0 Å². The van der Waals surface area contributed by atoms with Crippen molar-refractivity contribution >= 4 is 27.3 Å². The summed E-state index contributed by atoms with van der Waals surface area (Å²) in [6.07, 6.45) is 0. The molecule has 0 saturated carbocycles. The van der Waals surface area contributed by atoms with Gasteiger partial charge in [0, 0.05) is 17.3 Å². The van der Waals surface area contributed by atoms with Crippen molar-refractivity contribution in [3.8, 4) is 0 Å². The van der Waals surface area contributed by atoms with Crippen molar-refractivity contribution in [3.63, 3.8) is 0 Å². The number of carbonyl (C=O) groups excluding carboxylic acids is 1. The number of anilines is 2. The van der Waals surface area contributed by atoms with Crippen LogP contribution in [0.2, 0.25) is 0 Å². The molecular formula is C21H18F2N2O3S. The zero-order valence-electron chi connectivity index (χ0n) is 15.7. The smallest absolute Gasteiger partial charge is 0.261 e. The highest BCUT2D eigenvalue weighted by Crippen LogP contribution is 2.24. The average molecular weight is 416 g/mol. The molecule has 0 spiro atoms. The summed E-state index contributed by atoms with van der Waals surface area (Å²) < 4.78 is 54.1. The van der Waals surface area contributed by atoms with Gasteiger partial charge in [-0.2, -0.15) is 0 Å². The molecule has 150 valence electrons. The second kappa shape index (κ2) is 8.00. The van der Waals surface area contributed by atoms with E-state index < -0.39 is 27.6 Å². The summed E-state index contributed by atoms with van der Waals surface area (Å²) in [5.74, 6) is -2.68. The lowest BCUT2D eigenvalue weighted by Gasteiger charge is -2.14. The predicted molar refractivity (Wildman–Crippen MR) is 107 cm³/mol. The number of hydrogen-bond acceptors (Lipinski definition) is 3. The quantitative estimate of drug-likeness (QED) is 0.637. The molecule has 0 radical (unpaired) electrons. The maximum absolute atomic E-state index is 13.3. The molecule has 0 aliphatic carbocycles. The van der Waals surface area contributed by atoms with Gasteiger partial charge in [-0.15, -0.1) is 0 Å². The van der Waals surface area contributed by atoms with E-state index in [9.17, 15) is 22.0 Å².